The minimum absolute atomic E-state index is 0.251. The Bertz CT molecular complexity index is 670. The van der Waals surface area contributed by atoms with E-state index in [1.165, 1.54) is 0 Å². The molecule has 2 heterocycles. The Morgan fingerprint density at radius 1 is 0.857 bits per heavy atom. The molecule has 2 aliphatic heterocycles. The van der Waals surface area contributed by atoms with Crippen LogP contribution in [0.3, 0.4) is 0 Å². The van der Waals surface area contributed by atoms with Crippen LogP contribution in [0.15, 0.2) is 42.5 Å². The van der Waals surface area contributed by atoms with Crippen LogP contribution >= 0.6 is 0 Å². The largest absolute Gasteiger partial charge is 0.493 e. The molecular weight excluding hydrogens is 272 g/mol. The standard InChI is InChI=1S/C16H14O5/c1-17-13-7-4-8-14-15(13)21-16(10-19-14)9-18-11-5-2-3-6-12(11)20-16/h2-8H,9-10H2,1H3. The molecule has 21 heavy (non-hydrogen) atoms. The molecule has 0 fully saturated rings. The molecule has 5 nitrogen and oxygen atoms in total. The molecule has 1 atom stereocenters. The van der Waals surface area contributed by atoms with Crippen LogP contribution in [0.25, 0.3) is 0 Å². The second-order valence-electron chi connectivity index (χ2n) is 4.93. The van der Waals surface area contributed by atoms with Gasteiger partial charge in [0.15, 0.2) is 36.2 Å². The van der Waals surface area contributed by atoms with Crippen LogP contribution in [0, 0.1) is 0 Å². The van der Waals surface area contributed by atoms with Crippen molar-refractivity contribution in [3.05, 3.63) is 42.5 Å². The minimum atomic E-state index is -0.990. The van der Waals surface area contributed by atoms with Crippen molar-refractivity contribution in [2.75, 3.05) is 20.3 Å². The quantitative estimate of drug-likeness (QED) is 0.806. The molecule has 2 aromatic rings. The first-order valence-corrected chi connectivity index (χ1v) is 6.69. The van der Waals surface area contributed by atoms with E-state index in [1.807, 2.05) is 42.5 Å². The normalized spacial score (nSPS) is 22.0. The third-order valence-corrected chi connectivity index (χ3v) is 3.49. The van der Waals surface area contributed by atoms with Crippen LogP contribution in [-0.4, -0.2) is 26.1 Å². The Morgan fingerprint density at radius 2 is 1.57 bits per heavy atom. The summed E-state index contributed by atoms with van der Waals surface area (Å²) in [6, 6.07) is 13.0. The highest BCUT2D eigenvalue weighted by molar-refractivity contribution is 5.52. The molecule has 0 saturated heterocycles. The molecule has 1 spiro atoms. The molecule has 0 bridgehead atoms. The van der Waals surface area contributed by atoms with E-state index in [0.29, 0.717) is 28.7 Å². The van der Waals surface area contributed by atoms with Gasteiger partial charge in [-0.05, 0) is 24.3 Å². The second-order valence-corrected chi connectivity index (χ2v) is 4.93. The van der Waals surface area contributed by atoms with E-state index in [-0.39, 0.29) is 13.2 Å². The number of rotatable bonds is 1. The van der Waals surface area contributed by atoms with Gasteiger partial charge >= 0.3 is 5.79 Å². The van der Waals surface area contributed by atoms with Crippen LogP contribution in [0.1, 0.15) is 0 Å². The molecule has 108 valence electrons. The van der Waals surface area contributed by atoms with E-state index in [4.69, 9.17) is 23.7 Å². The van der Waals surface area contributed by atoms with E-state index >= 15 is 0 Å². The molecule has 2 aliphatic rings. The fraction of sp³-hybridized carbons (Fsp3) is 0.250. The molecular formula is C16H14O5. The van der Waals surface area contributed by atoms with Gasteiger partial charge in [0.25, 0.3) is 0 Å². The van der Waals surface area contributed by atoms with Crippen LogP contribution in [0.4, 0.5) is 0 Å². The van der Waals surface area contributed by atoms with Gasteiger partial charge in [0, 0.05) is 0 Å². The number of ether oxygens (including phenoxy) is 5. The van der Waals surface area contributed by atoms with Crippen molar-refractivity contribution in [1.29, 1.82) is 0 Å². The van der Waals surface area contributed by atoms with E-state index in [9.17, 15) is 0 Å². The number of hydrogen-bond donors (Lipinski definition) is 0. The van der Waals surface area contributed by atoms with Crippen molar-refractivity contribution >= 4 is 0 Å². The maximum atomic E-state index is 6.04. The lowest BCUT2D eigenvalue weighted by Crippen LogP contribution is -2.56. The first-order valence-electron chi connectivity index (χ1n) is 6.69. The highest BCUT2D eigenvalue weighted by Gasteiger charge is 2.45. The highest BCUT2D eigenvalue weighted by Crippen LogP contribution is 2.45. The lowest BCUT2D eigenvalue weighted by molar-refractivity contribution is -0.186. The molecule has 0 aromatic heterocycles. The van der Waals surface area contributed by atoms with Crippen molar-refractivity contribution in [2.45, 2.75) is 5.79 Å². The summed E-state index contributed by atoms with van der Waals surface area (Å²) in [5.41, 5.74) is 0. The van der Waals surface area contributed by atoms with Gasteiger partial charge in [-0.2, -0.15) is 0 Å². The average molecular weight is 286 g/mol. The zero-order chi connectivity index (χ0) is 14.3. The Labute approximate surface area is 122 Å². The first-order chi connectivity index (χ1) is 10.3. The molecule has 0 radical (unpaired) electrons. The molecule has 0 amide bonds. The van der Waals surface area contributed by atoms with Gasteiger partial charge in [0.05, 0.1) is 7.11 Å². The monoisotopic (exact) mass is 286 g/mol. The van der Waals surface area contributed by atoms with Gasteiger partial charge in [-0.1, -0.05) is 18.2 Å². The SMILES string of the molecule is COc1cccc2c1OC1(COc3ccccc3O1)CO2. The summed E-state index contributed by atoms with van der Waals surface area (Å²) < 4.78 is 28.8. The molecule has 0 aliphatic carbocycles. The number of benzene rings is 2. The van der Waals surface area contributed by atoms with Crippen molar-refractivity contribution in [1.82, 2.24) is 0 Å². The predicted octanol–water partition coefficient (Wildman–Crippen LogP) is 2.63. The Balaban J connectivity index is 1.70. The van der Waals surface area contributed by atoms with Gasteiger partial charge in [-0.25, -0.2) is 0 Å². The maximum absolute atomic E-state index is 6.04. The predicted molar refractivity (Wildman–Crippen MR) is 74.4 cm³/mol. The van der Waals surface area contributed by atoms with Crippen LogP contribution in [0.2, 0.25) is 0 Å². The van der Waals surface area contributed by atoms with Gasteiger partial charge in [-0.3, -0.25) is 0 Å². The first kappa shape index (κ1) is 12.2. The third-order valence-electron chi connectivity index (χ3n) is 3.49. The Morgan fingerprint density at radius 3 is 2.38 bits per heavy atom. The summed E-state index contributed by atoms with van der Waals surface area (Å²) in [6.45, 7) is 0.503. The smallest absolute Gasteiger partial charge is 0.320 e. The number of fused-ring (bicyclic) bond motifs is 2. The van der Waals surface area contributed by atoms with E-state index in [1.54, 1.807) is 7.11 Å². The lowest BCUT2D eigenvalue weighted by atomic mass is 10.2. The van der Waals surface area contributed by atoms with Crippen molar-refractivity contribution in [3.8, 4) is 28.7 Å². The zero-order valence-corrected chi connectivity index (χ0v) is 11.5. The summed E-state index contributed by atoms with van der Waals surface area (Å²) in [7, 11) is 1.59. The minimum Gasteiger partial charge on any atom is -0.493 e. The number of methoxy groups -OCH3 is 1. The fourth-order valence-corrected chi connectivity index (χ4v) is 2.47. The molecule has 0 saturated carbocycles. The van der Waals surface area contributed by atoms with Crippen LogP contribution in [-0.2, 0) is 0 Å². The van der Waals surface area contributed by atoms with Crippen LogP contribution in [0.5, 0.6) is 28.7 Å². The van der Waals surface area contributed by atoms with Gasteiger partial charge in [-0.15, -0.1) is 0 Å². The summed E-state index contributed by atoms with van der Waals surface area (Å²) in [5.74, 6) is 2.14. The Kier molecular flexibility index (Phi) is 2.60. The molecule has 1 unspecified atom stereocenters. The van der Waals surface area contributed by atoms with E-state index in [0.717, 1.165) is 0 Å². The summed E-state index contributed by atoms with van der Waals surface area (Å²) in [5, 5.41) is 0. The second kappa shape index (κ2) is 4.48. The average Bonchev–Trinajstić information content (AvgIpc) is 2.54. The topological polar surface area (TPSA) is 46.2 Å². The molecule has 0 N–H and O–H groups in total. The Hall–Kier alpha value is -2.56. The van der Waals surface area contributed by atoms with E-state index in [2.05, 4.69) is 0 Å². The zero-order valence-electron chi connectivity index (χ0n) is 11.5. The van der Waals surface area contributed by atoms with Crippen molar-refractivity contribution < 1.29 is 23.7 Å². The van der Waals surface area contributed by atoms with Crippen molar-refractivity contribution in [2.24, 2.45) is 0 Å². The lowest BCUT2D eigenvalue weighted by Gasteiger charge is -2.40. The number of para-hydroxylation sites is 3. The van der Waals surface area contributed by atoms with Gasteiger partial charge in [0.1, 0.15) is 0 Å². The maximum Gasteiger partial charge on any atom is 0.320 e. The highest BCUT2D eigenvalue weighted by atomic mass is 16.8. The summed E-state index contributed by atoms with van der Waals surface area (Å²) in [4.78, 5) is 0. The van der Waals surface area contributed by atoms with Gasteiger partial charge in [0.2, 0.25) is 5.75 Å². The summed E-state index contributed by atoms with van der Waals surface area (Å²) >= 11 is 0. The van der Waals surface area contributed by atoms with E-state index < -0.39 is 5.79 Å². The third kappa shape index (κ3) is 1.93. The number of hydrogen-bond acceptors (Lipinski definition) is 5. The van der Waals surface area contributed by atoms with Gasteiger partial charge < -0.3 is 23.7 Å². The molecule has 4 rings (SSSR count). The summed E-state index contributed by atoms with van der Waals surface area (Å²) in [6.07, 6.45) is 0. The fourth-order valence-electron chi connectivity index (χ4n) is 2.47. The van der Waals surface area contributed by atoms with Crippen molar-refractivity contribution in [3.63, 3.8) is 0 Å². The molecule has 2 aromatic carbocycles. The molecule has 5 heteroatoms. The van der Waals surface area contributed by atoms with Crippen LogP contribution < -0.4 is 23.7 Å².